The Balaban J connectivity index is 1.19. The van der Waals surface area contributed by atoms with Crippen LogP contribution in [0.1, 0.15) is 0 Å². The minimum absolute atomic E-state index is 0.211. The van der Waals surface area contributed by atoms with E-state index in [0.29, 0.717) is 5.69 Å². The average Bonchev–Trinajstić information content (AvgIpc) is 3.74. The second-order valence-corrected chi connectivity index (χ2v) is 13.4. The van der Waals surface area contributed by atoms with Crippen LogP contribution in [0.3, 0.4) is 0 Å². The number of rotatable bonds is 3. The summed E-state index contributed by atoms with van der Waals surface area (Å²) in [6.07, 6.45) is 0. The summed E-state index contributed by atoms with van der Waals surface area (Å²) >= 11 is 0. The molecule has 0 bridgehead atoms. The predicted molar refractivity (Wildman–Crippen MR) is 213 cm³/mol. The van der Waals surface area contributed by atoms with Gasteiger partial charge in [0.1, 0.15) is 28.1 Å². The molecular weight excluding hydrogens is 639 g/mol. The van der Waals surface area contributed by atoms with Crippen LogP contribution in [0.25, 0.3) is 88.4 Å². The number of hydrogen-bond acceptors (Lipinski definition) is 4. The van der Waals surface area contributed by atoms with Crippen LogP contribution < -0.4 is 4.90 Å². The number of benzene rings is 8. The first kappa shape index (κ1) is 28.8. The molecule has 4 heteroatoms. The molecule has 2 aromatic heterocycles. The fourth-order valence-electron chi connectivity index (χ4n) is 8.25. The zero-order valence-corrected chi connectivity index (χ0v) is 27.9. The van der Waals surface area contributed by atoms with E-state index in [-0.39, 0.29) is 5.75 Å². The van der Waals surface area contributed by atoms with Gasteiger partial charge >= 0.3 is 0 Å². The van der Waals surface area contributed by atoms with Crippen molar-refractivity contribution in [2.24, 2.45) is 0 Å². The minimum atomic E-state index is 0.211. The average molecular weight is 668 g/mol. The number of phenolic OH excluding ortho intramolecular Hbond substituents is 1. The number of phenols is 1. The molecule has 0 amide bonds. The molecule has 8 aromatic carbocycles. The Kier molecular flexibility index (Phi) is 6.07. The van der Waals surface area contributed by atoms with Gasteiger partial charge in [0, 0.05) is 32.7 Å². The number of aromatic hydroxyl groups is 1. The van der Waals surface area contributed by atoms with E-state index in [1.165, 1.54) is 0 Å². The Morgan fingerprint density at radius 1 is 0.346 bits per heavy atom. The second-order valence-electron chi connectivity index (χ2n) is 13.4. The molecule has 0 spiro atoms. The molecule has 1 N–H and O–H groups in total. The molecule has 0 aliphatic carbocycles. The number of para-hydroxylation sites is 4. The van der Waals surface area contributed by atoms with Crippen LogP contribution >= 0.6 is 0 Å². The Hall–Kier alpha value is -7.04. The van der Waals surface area contributed by atoms with Gasteiger partial charge in [-0.2, -0.15) is 0 Å². The molecule has 1 aliphatic heterocycles. The topological polar surface area (TPSA) is 49.8 Å². The summed E-state index contributed by atoms with van der Waals surface area (Å²) in [5.41, 5.74) is 14.9. The van der Waals surface area contributed by atoms with Crippen molar-refractivity contribution in [1.29, 1.82) is 0 Å². The smallest absolute Gasteiger partial charge is 0.139 e. The molecule has 0 saturated heterocycles. The number of fused-ring (bicyclic) bond motifs is 11. The van der Waals surface area contributed by atoms with Crippen molar-refractivity contribution < 1.29 is 13.9 Å². The SMILES string of the molecule is Oc1ccccc1N1c2ccc(-c3cccc4oc5ccccc5c34)cc2-c2ccccc2-c2cc(-c3cccc4oc5ccccc5c34)ccc21. The van der Waals surface area contributed by atoms with Gasteiger partial charge in [-0.15, -0.1) is 0 Å². The van der Waals surface area contributed by atoms with Crippen LogP contribution in [0.15, 0.2) is 179 Å². The summed E-state index contributed by atoms with van der Waals surface area (Å²) in [5.74, 6) is 0.211. The lowest BCUT2D eigenvalue weighted by molar-refractivity contribution is 0.476. The molecule has 10 aromatic rings. The number of anilines is 3. The first-order valence-corrected chi connectivity index (χ1v) is 17.5. The van der Waals surface area contributed by atoms with E-state index in [2.05, 4.69) is 114 Å². The van der Waals surface area contributed by atoms with E-state index >= 15 is 0 Å². The monoisotopic (exact) mass is 667 g/mol. The first-order valence-electron chi connectivity index (χ1n) is 17.5. The van der Waals surface area contributed by atoms with Crippen LogP contribution in [0.4, 0.5) is 17.1 Å². The van der Waals surface area contributed by atoms with Gasteiger partial charge in [-0.25, -0.2) is 0 Å². The Bertz CT molecular complexity index is 2870. The van der Waals surface area contributed by atoms with Gasteiger partial charge in [-0.05, 0) is 94.0 Å². The Morgan fingerprint density at radius 3 is 1.33 bits per heavy atom. The van der Waals surface area contributed by atoms with Crippen molar-refractivity contribution in [3.05, 3.63) is 170 Å². The van der Waals surface area contributed by atoms with Crippen LogP contribution in [-0.2, 0) is 0 Å². The lowest BCUT2D eigenvalue weighted by Gasteiger charge is -2.28. The van der Waals surface area contributed by atoms with Gasteiger partial charge in [0.15, 0.2) is 0 Å². The third-order valence-electron chi connectivity index (χ3n) is 10.5. The van der Waals surface area contributed by atoms with Gasteiger partial charge in [0.2, 0.25) is 0 Å². The number of furan rings is 2. The molecule has 0 fully saturated rings. The first-order chi connectivity index (χ1) is 25.7. The zero-order valence-electron chi connectivity index (χ0n) is 27.9. The van der Waals surface area contributed by atoms with Crippen molar-refractivity contribution >= 4 is 60.9 Å². The molecule has 3 heterocycles. The van der Waals surface area contributed by atoms with Crippen molar-refractivity contribution in [3.8, 4) is 50.3 Å². The minimum Gasteiger partial charge on any atom is -0.506 e. The highest BCUT2D eigenvalue weighted by molar-refractivity contribution is 6.15. The Labute approximate surface area is 299 Å². The van der Waals surface area contributed by atoms with E-state index in [1.54, 1.807) is 6.07 Å². The lowest BCUT2D eigenvalue weighted by Crippen LogP contribution is -2.11. The highest BCUT2D eigenvalue weighted by Crippen LogP contribution is 2.54. The molecular formula is C48H29NO3. The van der Waals surface area contributed by atoms with Crippen molar-refractivity contribution in [3.63, 3.8) is 0 Å². The quantitative estimate of drug-likeness (QED) is 0.204. The summed E-state index contributed by atoms with van der Waals surface area (Å²) in [6, 6.07) is 58.6. The lowest BCUT2D eigenvalue weighted by atomic mass is 9.90. The molecule has 52 heavy (non-hydrogen) atoms. The molecule has 11 rings (SSSR count). The molecule has 0 radical (unpaired) electrons. The maximum absolute atomic E-state index is 11.4. The van der Waals surface area contributed by atoms with Crippen molar-refractivity contribution in [2.45, 2.75) is 0 Å². The summed E-state index contributed by atoms with van der Waals surface area (Å²) in [5, 5.41) is 15.8. The van der Waals surface area contributed by atoms with Crippen molar-refractivity contribution in [2.75, 3.05) is 4.90 Å². The summed E-state index contributed by atoms with van der Waals surface area (Å²) in [6.45, 7) is 0. The third kappa shape index (κ3) is 4.15. The highest BCUT2D eigenvalue weighted by atomic mass is 16.3. The van der Waals surface area contributed by atoms with Crippen LogP contribution in [0, 0.1) is 0 Å². The van der Waals surface area contributed by atoms with E-state index in [9.17, 15) is 5.11 Å². The summed E-state index contributed by atoms with van der Waals surface area (Å²) in [7, 11) is 0. The fraction of sp³-hybridized carbons (Fsp3) is 0. The normalized spacial score (nSPS) is 12.3. The zero-order chi connectivity index (χ0) is 34.3. The van der Waals surface area contributed by atoms with Gasteiger partial charge in [-0.1, -0.05) is 109 Å². The van der Waals surface area contributed by atoms with Gasteiger partial charge < -0.3 is 18.8 Å². The van der Waals surface area contributed by atoms with Crippen LogP contribution in [0.5, 0.6) is 5.75 Å². The fourth-order valence-corrected chi connectivity index (χ4v) is 8.25. The van der Waals surface area contributed by atoms with Gasteiger partial charge in [0.05, 0.1) is 17.1 Å². The largest absolute Gasteiger partial charge is 0.506 e. The molecule has 0 unspecified atom stereocenters. The summed E-state index contributed by atoms with van der Waals surface area (Å²) in [4.78, 5) is 2.20. The van der Waals surface area contributed by atoms with E-state index in [1.807, 2.05) is 54.6 Å². The third-order valence-corrected chi connectivity index (χ3v) is 10.5. The molecule has 0 atom stereocenters. The summed E-state index contributed by atoms with van der Waals surface area (Å²) < 4.78 is 12.6. The maximum Gasteiger partial charge on any atom is 0.139 e. The standard InChI is InChI=1S/C48H29NO3/c50-42-18-6-5-17-41(42)49-39-25-23-29(31-15-9-21-45-47(31)35-13-3-7-19-43(35)51-45)27-37(39)33-11-1-2-12-34(33)38-28-30(24-26-40(38)49)32-16-10-22-46-48(32)36-14-4-8-20-44(36)52-46/h1-28,50H. The molecule has 4 nitrogen and oxygen atoms in total. The predicted octanol–water partition coefficient (Wildman–Crippen LogP) is 13.6. The van der Waals surface area contributed by atoms with Crippen molar-refractivity contribution in [1.82, 2.24) is 0 Å². The number of nitrogens with zero attached hydrogens (tertiary/aromatic N) is 1. The van der Waals surface area contributed by atoms with E-state index in [4.69, 9.17) is 8.83 Å². The maximum atomic E-state index is 11.4. The number of hydrogen-bond donors (Lipinski definition) is 1. The van der Waals surface area contributed by atoms with E-state index in [0.717, 1.165) is 99.8 Å². The van der Waals surface area contributed by atoms with Gasteiger partial charge in [0.25, 0.3) is 0 Å². The molecule has 0 saturated carbocycles. The van der Waals surface area contributed by atoms with Crippen LogP contribution in [0.2, 0.25) is 0 Å². The van der Waals surface area contributed by atoms with Crippen LogP contribution in [-0.4, -0.2) is 5.11 Å². The highest BCUT2D eigenvalue weighted by Gasteiger charge is 2.29. The van der Waals surface area contributed by atoms with E-state index < -0.39 is 0 Å². The second kappa shape index (κ2) is 11.0. The van der Waals surface area contributed by atoms with Gasteiger partial charge in [-0.3, -0.25) is 0 Å². The Morgan fingerprint density at radius 2 is 0.788 bits per heavy atom. The molecule has 1 aliphatic rings. The molecule has 244 valence electrons.